The number of sulfonamides is 1. The van der Waals surface area contributed by atoms with E-state index in [1.54, 1.807) is 74.7 Å². The standard InChI is InChI=1S/C28H33N3O5S/c1-20-6-12-24(13-7-20)31(37(34,35)26-16-8-21(2)9-17-26)19-27(32)30(22(3)28(33)29-4)18-23-10-14-25(36-5)15-11-23/h6-17,22H,18-19H2,1-5H3,(H,29,33)/t22-/m1/s1. The first-order valence-corrected chi connectivity index (χ1v) is 13.3. The number of nitrogens with zero attached hydrogens (tertiary/aromatic N) is 2. The van der Waals surface area contributed by atoms with E-state index in [-0.39, 0.29) is 17.3 Å². The molecule has 1 atom stereocenters. The van der Waals surface area contributed by atoms with E-state index in [0.717, 1.165) is 21.0 Å². The molecule has 0 aliphatic rings. The normalized spacial score (nSPS) is 11.9. The molecule has 0 saturated heterocycles. The molecule has 3 aromatic rings. The molecule has 0 saturated carbocycles. The monoisotopic (exact) mass is 523 g/mol. The van der Waals surface area contributed by atoms with E-state index in [9.17, 15) is 18.0 Å². The molecule has 0 aliphatic carbocycles. The third-order valence-electron chi connectivity index (χ3n) is 6.14. The largest absolute Gasteiger partial charge is 0.497 e. The van der Waals surface area contributed by atoms with Crippen LogP contribution in [0.3, 0.4) is 0 Å². The van der Waals surface area contributed by atoms with Gasteiger partial charge in [-0.25, -0.2) is 8.42 Å². The van der Waals surface area contributed by atoms with Crippen molar-refractivity contribution < 1.29 is 22.7 Å². The Labute approximate surface area is 218 Å². The molecule has 0 aromatic heterocycles. The summed E-state index contributed by atoms with van der Waals surface area (Å²) < 4.78 is 33.8. The Hall–Kier alpha value is -3.85. The van der Waals surface area contributed by atoms with E-state index in [1.165, 1.54) is 24.1 Å². The number of ether oxygens (including phenoxy) is 1. The number of anilines is 1. The minimum Gasteiger partial charge on any atom is -0.497 e. The number of methoxy groups -OCH3 is 1. The molecular weight excluding hydrogens is 490 g/mol. The zero-order valence-corrected chi connectivity index (χ0v) is 22.6. The van der Waals surface area contributed by atoms with Crippen LogP contribution in [0, 0.1) is 13.8 Å². The van der Waals surface area contributed by atoms with Crippen molar-refractivity contribution >= 4 is 27.5 Å². The smallest absolute Gasteiger partial charge is 0.264 e. The third kappa shape index (κ3) is 6.68. The summed E-state index contributed by atoms with van der Waals surface area (Å²) in [6.45, 7) is 5.02. The Kier molecular flexibility index (Phi) is 8.94. The molecule has 0 spiro atoms. The van der Waals surface area contributed by atoms with E-state index in [1.807, 2.05) is 13.8 Å². The molecule has 0 radical (unpaired) electrons. The Bertz CT molecular complexity index is 1320. The van der Waals surface area contributed by atoms with Crippen molar-refractivity contribution in [1.82, 2.24) is 10.2 Å². The molecule has 196 valence electrons. The Morgan fingerprint density at radius 1 is 0.892 bits per heavy atom. The van der Waals surface area contributed by atoms with Gasteiger partial charge in [0.2, 0.25) is 11.8 Å². The van der Waals surface area contributed by atoms with E-state index in [4.69, 9.17) is 4.74 Å². The second kappa shape index (κ2) is 11.9. The molecule has 0 fully saturated rings. The number of carbonyl (C=O) groups is 2. The first-order valence-electron chi connectivity index (χ1n) is 11.9. The molecule has 37 heavy (non-hydrogen) atoms. The fourth-order valence-electron chi connectivity index (χ4n) is 3.80. The van der Waals surface area contributed by atoms with Crippen LogP contribution in [0.2, 0.25) is 0 Å². The second-order valence-corrected chi connectivity index (χ2v) is 10.7. The topological polar surface area (TPSA) is 96.0 Å². The van der Waals surface area contributed by atoms with Crippen molar-refractivity contribution in [3.8, 4) is 5.75 Å². The number of likely N-dealkylation sites (N-methyl/N-ethyl adjacent to an activating group) is 1. The van der Waals surface area contributed by atoms with Gasteiger partial charge in [-0.1, -0.05) is 47.5 Å². The van der Waals surface area contributed by atoms with Crippen LogP contribution in [0.15, 0.2) is 77.7 Å². The molecule has 9 heteroatoms. The summed E-state index contributed by atoms with van der Waals surface area (Å²) in [5.74, 6) is -0.205. The third-order valence-corrected chi connectivity index (χ3v) is 7.92. The van der Waals surface area contributed by atoms with Crippen molar-refractivity contribution in [2.45, 2.75) is 38.3 Å². The first-order chi connectivity index (χ1) is 17.6. The number of benzene rings is 3. The highest BCUT2D eigenvalue weighted by atomic mass is 32.2. The Morgan fingerprint density at radius 3 is 1.95 bits per heavy atom. The molecule has 0 aliphatic heterocycles. The number of rotatable bonds is 10. The molecule has 8 nitrogen and oxygen atoms in total. The number of amides is 2. The second-order valence-electron chi connectivity index (χ2n) is 8.82. The minimum atomic E-state index is -4.08. The van der Waals surface area contributed by atoms with Crippen LogP contribution in [0.5, 0.6) is 5.75 Å². The summed E-state index contributed by atoms with van der Waals surface area (Å²) in [4.78, 5) is 27.7. The van der Waals surface area contributed by atoms with Crippen LogP contribution < -0.4 is 14.4 Å². The highest BCUT2D eigenvalue weighted by Gasteiger charge is 2.32. The van der Waals surface area contributed by atoms with Gasteiger partial charge in [0, 0.05) is 13.6 Å². The van der Waals surface area contributed by atoms with Gasteiger partial charge < -0.3 is 15.0 Å². The molecule has 0 heterocycles. The summed E-state index contributed by atoms with van der Waals surface area (Å²) in [7, 11) is -1.02. The number of nitrogens with one attached hydrogen (secondary N) is 1. The van der Waals surface area contributed by atoms with E-state index in [2.05, 4.69) is 5.32 Å². The highest BCUT2D eigenvalue weighted by Crippen LogP contribution is 2.25. The number of hydrogen-bond acceptors (Lipinski definition) is 5. The number of hydrogen-bond donors (Lipinski definition) is 1. The number of carbonyl (C=O) groups excluding carboxylic acids is 2. The fourth-order valence-corrected chi connectivity index (χ4v) is 5.21. The summed E-state index contributed by atoms with van der Waals surface area (Å²) in [5.41, 5.74) is 3.00. The van der Waals surface area contributed by atoms with Gasteiger partial charge in [0.05, 0.1) is 17.7 Å². The van der Waals surface area contributed by atoms with Crippen LogP contribution >= 0.6 is 0 Å². The first kappa shape index (κ1) is 27.7. The molecule has 0 unspecified atom stereocenters. The number of aryl methyl sites for hydroxylation is 2. The van der Waals surface area contributed by atoms with Crippen LogP contribution in [0.25, 0.3) is 0 Å². The van der Waals surface area contributed by atoms with Crippen molar-refractivity contribution in [2.24, 2.45) is 0 Å². The predicted molar refractivity (Wildman–Crippen MR) is 144 cm³/mol. The highest BCUT2D eigenvalue weighted by molar-refractivity contribution is 7.92. The molecular formula is C28H33N3O5S. The maximum Gasteiger partial charge on any atom is 0.264 e. The average molecular weight is 524 g/mol. The maximum atomic E-state index is 13.7. The lowest BCUT2D eigenvalue weighted by Crippen LogP contribution is -2.50. The Morgan fingerprint density at radius 2 is 1.43 bits per heavy atom. The molecule has 3 rings (SSSR count). The lowest BCUT2D eigenvalue weighted by atomic mass is 10.1. The minimum absolute atomic E-state index is 0.0764. The van der Waals surface area contributed by atoms with Gasteiger partial charge in [-0.05, 0) is 62.7 Å². The predicted octanol–water partition coefficient (Wildman–Crippen LogP) is 3.67. The van der Waals surface area contributed by atoms with Crippen LogP contribution in [0.4, 0.5) is 5.69 Å². The average Bonchev–Trinajstić information content (AvgIpc) is 2.90. The molecule has 2 amide bonds. The van der Waals surface area contributed by atoms with Crippen molar-refractivity contribution in [1.29, 1.82) is 0 Å². The van der Waals surface area contributed by atoms with Crippen LogP contribution in [-0.2, 0) is 26.2 Å². The van der Waals surface area contributed by atoms with Gasteiger partial charge in [0.15, 0.2) is 0 Å². The van der Waals surface area contributed by atoms with E-state index < -0.39 is 28.5 Å². The SMILES string of the molecule is CNC(=O)[C@@H](C)N(Cc1ccc(OC)cc1)C(=O)CN(c1ccc(C)cc1)S(=O)(=O)c1ccc(C)cc1. The lowest BCUT2D eigenvalue weighted by Gasteiger charge is -2.31. The van der Waals surface area contributed by atoms with E-state index in [0.29, 0.717) is 11.4 Å². The fraction of sp³-hybridized carbons (Fsp3) is 0.286. The maximum absolute atomic E-state index is 13.7. The van der Waals surface area contributed by atoms with Gasteiger partial charge in [-0.15, -0.1) is 0 Å². The van der Waals surface area contributed by atoms with Gasteiger partial charge >= 0.3 is 0 Å². The van der Waals surface area contributed by atoms with Crippen molar-refractivity contribution in [3.63, 3.8) is 0 Å². The van der Waals surface area contributed by atoms with Gasteiger partial charge in [0.1, 0.15) is 18.3 Å². The summed E-state index contributed by atoms with van der Waals surface area (Å²) >= 11 is 0. The lowest BCUT2D eigenvalue weighted by molar-refractivity contribution is -0.139. The van der Waals surface area contributed by atoms with Crippen LogP contribution in [-0.4, -0.2) is 51.9 Å². The molecule has 3 aromatic carbocycles. The summed E-state index contributed by atoms with van der Waals surface area (Å²) in [6, 6.07) is 19.7. The summed E-state index contributed by atoms with van der Waals surface area (Å²) in [5, 5.41) is 2.57. The quantitative estimate of drug-likeness (QED) is 0.438. The van der Waals surface area contributed by atoms with Gasteiger partial charge in [-0.3, -0.25) is 13.9 Å². The zero-order chi connectivity index (χ0) is 27.2. The molecule has 0 bridgehead atoms. The van der Waals surface area contributed by atoms with Gasteiger partial charge in [0.25, 0.3) is 10.0 Å². The molecule has 1 N–H and O–H groups in total. The Balaban J connectivity index is 2.00. The van der Waals surface area contributed by atoms with Crippen molar-refractivity contribution in [2.75, 3.05) is 25.0 Å². The van der Waals surface area contributed by atoms with Gasteiger partial charge in [-0.2, -0.15) is 0 Å². The van der Waals surface area contributed by atoms with Crippen LogP contribution in [0.1, 0.15) is 23.6 Å². The summed E-state index contributed by atoms with van der Waals surface area (Å²) in [6.07, 6.45) is 0. The van der Waals surface area contributed by atoms with Crippen molar-refractivity contribution in [3.05, 3.63) is 89.5 Å². The zero-order valence-electron chi connectivity index (χ0n) is 21.8. The van der Waals surface area contributed by atoms with E-state index >= 15 is 0 Å².